The first-order valence-corrected chi connectivity index (χ1v) is 4.57. The summed E-state index contributed by atoms with van der Waals surface area (Å²) in [6, 6.07) is 1.96. The molecule has 1 aliphatic heterocycles. The van der Waals surface area contributed by atoms with E-state index in [4.69, 9.17) is 10.5 Å². The highest BCUT2D eigenvalue weighted by Crippen LogP contribution is 2.11. The summed E-state index contributed by atoms with van der Waals surface area (Å²) in [5, 5.41) is 0. The van der Waals surface area contributed by atoms with Gasteiger partial charge in [-0.3, -0.25) is 0 Å². The van der Waals surface area contributed by atoms with E-state index in [2.05, 4.69) is 4.98 Å². The fraction of sp³-hybridized carbons (Fsp3) is 0.444. The zero-order valence-corrected chi connectivity index (χ0v) is 7.82. The number of carbonyl (C=O) groups is 1. The van der Waals surface area contributed by atoms with Crippen molar-refractivity contribution in [2.45, 2.75) is 13.1 Å². The van der Waals surface area contributed by atoms with E-state index in [-0.39, 0.29) is 6.09 Å². The van der Waals surface area contributed by atoms with Crippen molar-refractivity contribution in [2.75, 3.05) is 13.2 Å². The largest absolute Gasteiger partial charge is 0.448 e. The molecule has 0 aliphatic carbocycles. The number of aromatic nitrogens is 1. The summed E-state index contributed by atoms with van der Waals surface area (Å²) in [5.74, 6) is 0. The summed E-state index contributed by atoms with van der Waals surface area (Å²) < 4.78 is 4.82. The standard InChI is InChI=1S/C9H13N3O2/c10-4-8-3-7(5-11-8)6-12-1-2-14-9(12)13/h3,5,11H,1-2,4,6,10H2. The van der Waals surface area contributed by atoms with Crippen molar-refractivity contribution in [2.24, 2.45) is 5.73 Å². The van der Waals surface area contributed by atoms with Crippen molar-refractivity contribution in [1.82, 2.24) is 9.88 Å². The number of hydrogen-bond donors (Lipinski definition) is 2. The van der Waals surface area contributed by atoms with E-state index >= 15 is 0 Å². The fourth-order valence-corrected chi connectivity index (χ4v) is 1.49. The summed E-state index contributed by atoms with van der Waals surface area (Å²) >= 11 is 0. The Morgan fingerprint density at radius 1 is 1.64 bits per heavy atom. The number of nitrogens with two attached hydrogens (primary N) is 1. The number of H-pyrrole nitrogens is 1. The van der Waals surface area contributed by atoms with Crippen LogP contribution in [0.2, 0.25) is 0 Å². The van der Waals surface area contributed by atoms with Crippen LogP contribution in [0, 0.1) is 0 Å². The molecule has 1 amide bonds. The molecule has 0 bridgehead atoms. The number of hydrogen-bond acceptors (Lipinski definition) is 3. The number of cyclic esters (lactones) is 1. The van der Waals surface area contributed by atoms with Gasteiger partial charge in [0.15, 0.2) is 0 Å². The van der Waals surface area contributed by atoms with Gasteiger partial charge >= 0.3 is 6.09 Å². The highest BCUT2D eigenvalue weighted by molar-refractivity contribution is 5.69. The van der Waals surface area contributed by atoms with Gasteiger partial charge in [0.1, 0.15) is 6.61 Å². The van der Waals surface area contributed by atoms with Gasteiger partial charge in [-0.15, -0.1) is 0 Å². The van der Waals surface area contributed by atoms with E-state index < -0.39 is 0 Å². The van der Waals surface area contributed by atoms with Crippen LogP contribution in [-0.4, -0.2) is 29.1 Å². The molecule has 0 aromatic carbocycles. The Bertz CT molecular complexity index is 335. The second-order valence-corrected chi connectivity index (χ2v) is 3.27. The minimum atomic E-state index is -0.236. The lowest BCUT2D eigenvalue weighted by molar-refractivity contribution is 0.157. The van der Waals surface area contributed by atoms with Crippen LogP contribution in [0.15, 0.2) is 12.3 Å². The van der Waals surface area contributed by atoms with Crippen LogP contribution in [-0.2, 0) is 17.8 Å². The van der Waals surface area contributed by atoms with Crippen LogP contribution in [0.5, 0.6) is 0 Å². The molecule has 1 saturated heterocycles. The number of amides is 1. The van der Waals surface area contributed by atoms with Gasteiger partial charge in [-0.25, -0.2) is 4.79 Å². The lowest BCUT2D eigenvalue weighted by Crippen LogP contribution is -2.23. The predicted octanol–water partition coefficient (Wildman–Crippen LogP) is 0.426. The molecule has 1 aromatic rings. The maximum Gasteiger partial charge on any atom is 0.410 e. The van der Waals surface area contributed by atoms with Crippen LogP contribution in [0.25, 0.3) is 0 Å². The van der Waals surface area contributed by atoms with Crippen molar-refractivity contribution in [1.29, 1.82) is 0 Å². The number of nitrogens with one attached hydrogen (secondary N) is 1. The average Bonchev–Trinajstić information content (AvgIpc) is 2.77. The number of ether oxygens (including phenoxy) is 1. The summed E-state index contributed by atoms with van der Waals surface area (Å²) in [7, 11) is 0. The third-order valence-corrected chi connectivity index (χ3v) is 2.24. The molecule has 1 fully saturated rings. The quantitative estimate of drug-likeness (QED) is 0.734. The van der Waals surface area contributed by atoms with E-state index in [0.29, 0.717) is 26.2 Å². The lowest BCUT2D eigenvalue weighted by atomic mass is 10.3. The molecule has 5 nitrogen and oxygen atoms in total. The van der Waals surface area contributed by atoms with Crippen LogP contribution in [0.4, 0.5) is 4.79 Å². The Hall–Kier alpha value is -1.49. The van der Waals surface area contributed by atoms with Gasteiger partial charge in [0, 0.05) is 18.4 Å². The first-order valence-electron chi connectivity index (χ1n) is 4.57. The van der Waals surface area contributed by atoms with Crippen molar-refractivity contribution in [3.05, 3.63) is 23.5 Å². The van der Waals surface area contributed by atoms with Gasteiger partial charge in [0.05, 0.1) is 13.1 Å². The lowest BCUT2D eigenvalue weighted by Gasteiger charge is -2.10. The predicted molar refractivity (Wildman–Crippen MR) is 50.4 cm³/mol. The third-order valence-electron chi connectivity index (χ3n) is 2.24. The smallest absolute Gasteiger partial charge is 0.410 e. The van der Waals surface area contributed by atoms with Crippen LogP contribution in [0.3, 0.4) is 0 Å². The molecule has 0 saturated carbocycles. The van der Waals surface area contributed by atoms with Crippen LogP contribution >= 0.6 is 0 Å². The second kappa shape index (κ2) is 3.71. The van der Waals surface area contributed by atoms with Crippen molar-refractivity contribution < 1.29 is 9.53 Å². The van der Waals surface area contributed by atoms with E-state index in [1.165, 1.54) is 0 Å². The molecule has 1 aromatic heterocycles. The third kappa shape index (κ3) is 1.72. The van der Waals surface area contributed by atoms with Gasteiger partial charge in [-0.2, -0.15) is 0 Å². The number of nitrogens with zero attached hydrogens (tertiary/aromatic N) is 1. The maximum absolute atomic E-state index is 11.1. The second-order valence-electron chi connectivity index (χ2n) is 3.27. The monoisotopic (exact) mass is 195 g/mol. The van der Waals surface area contributed by atoms with Crippen LogP contribution in [0.1, 0.15) is 11.3 Å². The molecule has 0 atom stereocenters. The number of rotatable bonds is 3. The van der Waals surface area contributed by atoms with Gasteiger partial charge < -0.3 is 20.4 Å². The molecule has 5 heteroatoms. The molecule has 3 N–H and O–H groups in total. The van der Waals surface area contributed by atoms with E-state index in [9.17, 15) is 4.79 Å². The van der Waals surface area contributed by atoms with Crippen LogP contribution < -0.4 is 5.73 Å². The first kappa shape index (κ1) is 9.08. The normalized spacial score (nSPS) is 16.1. The molecule has 2 heterocycles. The molecule has 76 valence electrons. The fourth-order valence-electron chi connectivity index (χ4n) is 1.49. The Balaban J connectivity index is 1.99. The molecule has 0 unspecified atom stereocenters. The molecule has 0 radical (unpaired) electrons. The van der Waals surface area contributed by atoms with E-state index in [1.54, 1.807) is 4.90 Å². The SMILES string of the molecule is NCc1cc(CN2CCOC2=O)c[nH]1. The van der Waals surface area contributed by atoms with Gasteiger partial charge in [0.2, 0.25) is 0 Å². The highest BCUT2D eigenvalue weighted by Gasteiger charge is 2.21. The van der Waals surface area contributed by atoms with Crippen molar-refractivity contribution >= 4 is 6.09 Å². The number of aromatic amines is 1. The average molecular weight is 195 g/mol. The molecule has 0 spiro atoms. The molecular weight excluding hydrogens is 182 g/mol. The zero-order chi connectivity index (χ0) is 9.97. The molecular formula is C9H13N3O2. The molecule has 2 rings (SSSR count). The first-order chi connectivity index (χ1) is 6.79. The Kier molecular flexibility index (Phi) is 2.41. The minimum absolute atomic E-state index is 0.236. The van der Waals surface area contributed by atoms with Crippen molar-refractivity contribution in [3.8, 4) is 0 Å². The highest BCUT2D eigenvalue weighted by atomic mass is 16.6. The van der Waals surface area contributed by atoms with Gasteiger partial charge in [-0.1, -0.05) is 0 Å². The molecule has 1 aliphatic rings. The summed E-state index contributed by atoms with van der Waals surface area (Å²) in [6.07, 6.45) is 1.63. The van der Waals surface area contributed by atoms with Crippen molar-refractivity contribution in [3.63, 3.8) is 0 Å². The summed E-state index contributed by atoms with van der Waals surface area (Å²) in [5.41, 5.74) is 7.50. The molecule has 14 heavy (non-hydrogen) atoms. The Morgan fingerprint density at radius 3 is 3.07 bits per heavy atom. The van der Waals surface area contributed by atoms with Gasteiger partial charge in [0.25, 0.3) is 0 Å². The summed E-state index contributed by atoms with van der Waals surface area (Å²) in [4.78, 5) is 15.8. The topological polar surface area (TPSA) is 71.3 Å². The number of carbonyl (C=O) groups excluding carboxylic acids is 1. The zero-order valence-electron chi connectivity index (χ0n) is 7.82. The van der Waals surface area contributed by atoms with E-state index in [0.717, 1.165) is 11.3 Å². The summed E-state index contributed by atoms with van der Waals surface area (Å²) in [6.45, 7) is 2.24. The Morgan fingerprint density at radius 2 is 2.50 bits per heavy atom. The Labute approximate surface area is 81.8 Å². The minimum Gasteiger partial charge on any atom is -0.448 e. The van der Waals surface area contributed by atoms with Gasteiger partial charge in [-0.05, 0) is 11.6 Å². The maximum atomic E-state index is 11.1. The van der Waals surface area contributed by atoms with E-state index in [1.807, 2.05) is 12.3 Å².